The molecule has 1 atom stereocenters. The Hall–Kier alpha value is -2.53. The van der Waals surface area contributed by atoms with E-state index < -0.39 is 20.0 Å². The van der Waals surface area contributed by atoms with Crippen LogP contribution in [-0.4, -0.2) is 68.0 Å². The maximum atomic E-state index is 13.4. The molecule has 0 amide bonds. The number of benzene rings is 2. The molecule has 0 aliphatic carbocycles. The largest absolute Gasteiger partial charge is 0.490 e. The molecule has 198 valence electrons. The van der Waals surface area contributed by atoms with Gasteiger partial charge in [0, 0.05) is 38.1 Å². The summed E-state index contributed by atoms with van der Waals surface area (Å²) in [6, 6.07) is 16.4. The summed E-state index contributed by atoms with van der Waals surface area (Å²) in [5.41, 5.74) is 0. The standard InChI is InChI=1S/C27H33N3O5S2/c31-36(32,29-18-13-26(14-19-29)35-25-11-15-28-16-12-25)20-4-8-24-7-3-17-30(24)37(33,34)27-10-9-22-5-1-2-6-23(22)21-27/h1-2,5-6,9-12,15-16,21,24,26H,3-4,7-8,13-14,17-20H2/t24-/m0/s1. The summed E-state index contributed by atoms with van der Waals surface area (Å²) >= 11 is 0. The Balaban J connectivity index is 1.15. The zero-order chi connectivity index (χ0) is 25.9. The normalized spacial score (nSPS) is 20.4. The SMILES string of the molecule is O=S(=O)(CCC[C@@H]1CCCN1S(=O)(=O)c1ccc2ccccc2c1)N1CCC(Oc2ccncc2)CC1. The number of piperidine rings is 1. The van der Waals surface area contributed by atoms with Crippen molar-refractivity contribution in [2.45, 2.75) is 55.6 Å². The van der Waals surface area contributed by atoms with E-state index in [1.807, 2.05) is 30.3 Å². The number of pyridine rings is 1. The second-order valence-corrected chi connectivity index (χ2v) is 13.8. The number of hydrogen-bond acceptors (Lipinski definition) is 6. The minimum Gasteiger partial charge on any atom is -0.490 e. The predicted molar refractivity (Wildman–Crippen MR) is 143 cm³/mol. The molecule has 0 spiro atoms. The molecular weight excluding hydrogens is 510 g/mol. The number of aromatic nitrogens is 1. The Bertz CT molecular complexity index is 1420. The van der Waals surface area contributed by atoms with Crippen LogP contribution in [0.15, 0.2) is 71.9 Å². The Morgan fingerprint density at radius 2 is 1.59 bits per heavy atom. The lowest BCUT2D eigenvalue weighted by molar-refractivity contribution is 0.135. The van der Waals surface area contributed by atoms with E-state index in [4.69, 9.17) is 4.74 Å². The molecule has 5 rings (SSSR count). The van der Waals surface area contributed by atoms with E-state index in [9.17, 15) is 16.8 Å². The van der Waals surface area contributed by atoms with Gasteiger partial charge in [-0.3, -0.25) is 4.98 Å². The molecule has 0 saturated carbocycles. The molecule has 0 N–H and O–H groups in total. The lowest BCUT2D eigenvalue weighted by Gasteiger charge is -2.31. The van der Waals surface area contributed by atoms with Crippen molar-refractivity contribution in [2.24, 2.45) is 0 Å². The van der Waals surface area contributed by atoms with Crippen LogP contribution in [0.2, 0.25) is 0 Å². The molecule has 3 aromatic rings. The third-order valence-corrected chi connectivity index (χ3v) is 11.2. The summed E-state index contributed by atoms with van der Waals surface area (Å²) < 4.78 is 61.9. The molecule has 0 unspecified atom stereocenters. The van der Waals surface area contributed by atoms with Crippen molar-refractivity contribution in [3.05, 3.63) is 67.0 Å². The molecule has 37 heavy (non-hydrogen) atoms. The van der Waals surface area contributed by atoms with Crippen molar-refractivity contribution >= 4 is 30.8 Å². The Kier molecular flexibility index (Phi) is 7.80. The third-order valence-electron chi connectivity index (χ3n) is 7.34. The fraction of sp³-hybridized carbons (Fsp3) is 0.444. The van der Waals surface area contributed by atoms with Crippen LogP contribution >= 0.6 is 0 Å². The molecule has 2 aliphatic heterocycles. The molecule has 0 bridgehead atoms. The highest BCUT2D eigenvalue weighted by Gasteiger charge is 2.36. The van der Waals surface area contributed by atoms with Crippen molar-refractivity contribution in [1.82, 2.24) is 13.6 Å². The summed E-state index contributed by atoms with van der Waals surface area (Å²) in [7, 11) is -7.04. The molecule has 3 heterocycles. The highest BCUT2D eigenvalue weighted by molar-refractivity contribution is 7.89. The van der Waals surface area contributed by atoms with Crippen LogP contribution in [0.3, 0.4) is 0 Å². The van der Waals surface area contributed by atoms with Crippen LogP contribution < -0.4 is 4.74 Å². The number of sulfonamides is 2. The molecule has 1 aromatic heterocycles. The van der Waals surface area contributed by atoms with Gasteiger partial charge >= 0.3 is 0 Å². The van der Waals surface area contributed by atoms with Crippen molar-refractivity contribution in [2.75, 3.05) is 25.4 Å². The maximum absolute atomic E-state index is 13.4. The van der Waals surface area contributed by atoms with Gasteiger partial charge in [-0.2, -0.15) is 4.31 Å². The van der Waals surface area contributed by atoms with Gasteiger partial charge in [-0.25, -0.2) is 21.1 Å². The van der Waals surface area contributed by atoms with E-state index in [1.54, 1.807) is 45.3 Å². The molecule has 10 heteroatoms. The number of fused-ring (bicyclic) bond motifs is 1. The van der Waals surface area contributed by atoms with Gasteiger partial charge in [0.05, 0.1) is 10.6 Å². The zero-order valence-electron chi connectivity index (χ0n) is 20.8. The average Bonchev–Trinajstić information content (AvgIpc) is 3.39. The highest BCUT2D eigenvalue weighted by atomic mass is 32.2. The van der Waals surface area contributed by atoms with Gasteiger partial charge < -0.3 is 4.74 Å². The average molecular weight is 544 g/mol. The fourth-order valence-corrected chi connectivity index (χ4v) is 8.66. The Morgan fingerprint density at radius 3 is 2.35 bits per heavy atom. The minimum atomic E-state index is -3.64. The molecule has 2 aliphatic rings. The van der Waals surface area contributed by atoms with Crippen LogP contribution in [0.25, 0.3) is 10.8 Å². The monoisotopic (exact) mass is 543 g/mol. The van der Waals surface area contributed by atoms with Gasteiger partial charge in [0.25, 0.3) is 0 Å². The van der Waals surface area contributed by atoms with Gasteiger partial charge in [0.2, 0.25) is 20.0 Å². The van der Waals surface area contributed by atoms with Crippen LogP contribution in [-0.2, 0) is 20.0 Å². The lowest BCUT2D eigenvalue weighted by Crippen LogP contribution is -2.43. The van der Waals surface area contributed by atoms with Crippen LogP contribution in [0.5, 0.6) is 5.75 Å². The first-order valence-electron chi connectivity index (χ1n) is 12.9. The fourth-order valence-electron chi connectivity index (χ4n) is 5.35. The van der Waals surface area contributed by atoms with Gasteiger partial charge in [0.1, 0.15) is 11.9 Å². The van der Waals surface area contributed by atoms with Gasteiger partial charge in [-0.15, -0.1) is 0 Å². The second-order valence-electron chi connectivity index (χ2n) is 9.78. The topological polar surface area (TPSA) is 96.9 Å². The minimum absolute atomic E-state index is 0.0128. The first-order chi connectivity index (χ1) is 17.8. The van der Waals surface area contributed by atoms with Crippen molar-refractivity contribution in [3.63, 3.8) is 0 Å². The molecular formula is C27H33N3O5S2. The second kappa shape index (κ2) is 11.1. The summed E-state index contributed by atoms with van der Waals surface area (Å²) in [5, 5.41) is 1.89. The van der Waals surface area contributed by atoms with Crippen LogP contribution in [0.4, 0.5) is 0 Å². The van der Waals surface area contributed by atoms with Crippen molar-refractivity contribution < 1.29 is 21.6 Å². The maximum Gasteiger partial charge on any atom is 0.243 e. The molecule has 2 fully saturated rings. The number of nitrogens with zero attached hydrogens (tertiary/aromatic N) is 3. The highest BCUT2D eigenvalue weighted by Crippen LogP contribution is 2.30. The van der Waals surface area contributed by atoms with Gasteiger partial charge in [-0.05, 0) is 73.6 Å². The number of hydrogen-bond donors (Lipinski definition) is 0. The summed E-state index contributed by atoms with van der Waals surface area (Å²) in [6.45, 7) is 1.34. The van der Waals surface area contributed by atoms with E-state index in [2.05, 4.69) is 4.98 Å². The smallest absolute Gasteiger partial charge is 0.243 e. The summed E-state index contributed by atoms with van der Waals surface area (Å²) in [4.78, 5) is 4.27. The Morgan fingerprint density at radius 1 is 0.865 bits per heavy atom. The molecule has 2 aromatic carbocycles. The Labute approximate surface area is 219 Å². The lowest BCUT2D eigenvalue weighted by atomic mass is 10.1. The van der Waals surface area contributed by atoms with Crippen LogP contribution in [0, 0.1) is 0 Å². The third kappa shape index (κ3) is 5.98. The first-order valence-corrected chi connectivity index (χ1v) is 15.9. The van der Waals surface area contributed by atoms with Gasteiger partial charge in [-0.1, -0.05) is 30.3 Å². The molecule has 0 radical (unpaired) electrons. The summed E-state index contributed by atoms with van der Waals surface area (Å²) in [5.74, 6) is 0.777. The molecule has 8 nitrogen and oxygen atoms in total. The van der Waals surface area contributed by atoms with Crippen molar-refractivity contribution in [1.29, 1.82) is 0 Å². The zero-order valence-corrected chi connectivity index (χ0v) is 22.4. The first kappa shape index (κ1) is 26.1. The van der Waals surface area contributed by atoms with E-state index in [1.165, 1.54) is 0 Å². The van der Waals surface area contributed by atoms with E-state index >= 15 is 0 Å². The van der Waals surface area contributed by atoms with Gasteiger partial charge in [0.15, 0.2) is 0 Å². The number of ether oxygens (including phenoxy) is 1. The van der Waals surface area contributed by atoms with E-state index in [-0.39, 0.29) is 17.9 Å². The van der Waals surface area contributed by atoms with E-state index in [0.717, 1.165) is 29.4 Å². The summed E-state index contributed by atoms with van der Waals surface area (Å²) in [6.07, 6.45) is 7.13. The number of rotatable bonds is 9. The van der Waals surface area contributed by atoms with Crippen LogP contribution in [0.1, 0.15) is 38.5 Å². The predicted octanol–water partition coefficient (Wildman–Crippen LogP) is 4.04. The van der Waals surface area contributed by atoms with Crippen molar-refractivity contribution in [3.8, 4) is 5.75 Å². The quantitative estimate of drug-likeness (QED) is 0.404. The van der Waals surface area contributed by atoms with E-state index in [0.29, 0.717) is 50.2 Å². The molecule has 2 saturated heterocycles.